The van der Waals surface area contributed by atoms with Crippen LogP contribution in [0.3, 0.4) is 0 Å². The number of nitrogens with two attached hydrogens (primary N) is 1. The summed E-state index contributed by atoms with van der Waals surface area (Å²) in [5.74, 6) is 0.378. The van der Waals surface area contributed by atoms with Gasteiger partial charge < -0.3 is 10.7 Å². The van der Waals surface area contributed by atoms with Gasteiger partial charge in [0.2, 0.25) is 5.91 Å². The number of aromatic nitrogens is 2. The van der Waals surface area contributed by atoms with E-state index in [1.807, 2.05) is 17.5 Å². The van der Waals surface area contributed by atoms with Crippen molar-refractivity contribution in [1.29, 1.82) is 0 Å². The number of nitrogens with zero attached hydrogens (tertiary/aromatic N) is 1. The number of rotatable bonds is 7. The molecule has 3 rings (SSSR count). The number of thioether (sulfide) groups is 1. The molecule has 1 amide bonds. The number of carbonyl (C=O) groups is 1. The van der Waals surface area contributed by atoms with Gasteiger partial charge >= 0.3 is 0 Å². The van der Waals surface area contributed by atoms with Gasteiger partial charge in [0.25, 0.3) is 5.56 Å². The highest BCUT2D eigenvalue weighted by molar-refractivity contribution is 7.99. The van der Waals surface area contributed by atoms with Crippen LogP contribution in [0.5, 0.6) is 0 Å². The number of amides is 1. The van der Waals surface area contributed by atoms with Crippen molar-refractivity contribution in [3.8, 4) is 11.1 Å². The van der Waals surface area contributed by atoms with Crippen LogP contribution in [0.4, 0.5) is 0 Å². The molecule has 3 N–H and O–H groups in total. The highest BCUT2D eigenvalue weighted by Crippen LogP contribution is 2.31. The van der Waals surface area contributed by atoms with Gasteiger partial charge in [-0.15, -0.1) is 11.3 Å². The Balaban J connectivity index is 1.86. The minimum atomic E-state index is -0.311. The lowest BCUT2D eigenvalue weighted by molar-refractivity contribution is -0.118. The first-order valence-electron chi connectivity index (χ1n) is 8.10. The van der Waals surface area contributed by atoms with Gasteiger partial charge in [-0.3, -0.25) is 9.59 Å². The average molecular weight is 374 g/mol. The lowest BCUT2D eigenvalue weighted by atomic mass is 10.0. The summed E-state index contributed by atoms with van der Waals surface area (Å²) < 4.78 is 0. The van der Waals surface area contributed by atoms with Crippen molar-refractivity contribution >= 4 is 39.2 Å². The molecular formula is C18H19N3O2S2. The molecule has 0 saturated heterocycles. The third-order valence-corrected chi connectivity index (χ3v) is 5.73. The zero-order valence-corrected chi connectivity index (χ0v) is 15.5. The molecule has 0 aliphatic heterocycles. The Hall–Kier alpha value is -2.12. The van der Waals surface area contributed by atoms with Gasteiger partial charge in [0.05, 0.1) is 5.39 Å². The van der Waals surface area contributed by atoms with Crippen molar-refractivity contribution in [3.05, 3.63) is 45.6 Å². The van der Waals surface area contributed by atoms with E-state index in [0.29, 0.717) is 29.1 Å². The molecule has 0 atom stereocenters. The van der Waals surface area contributed by atoms with E-state index >= 15 is 0 Å². The lowest BCUT2D eigenvalue weighted by Gasteiger charge is -2.03. The van der Waals surface area contributed by atoms with Crippen LogP contribution in [0.2, 0.25) is 0 Å². The zero-order chi connectivity index (χ0) is 17.8. The Morgan fingerprint density at radius 3 is 2.76 bits per heavy atom. The molecule has 0 fully saturated rings. The monoisotopic (exact) mass is 373 g/mol. The van der Waals surface area contributed by atoms with Crippen molar-refractivity contribution < 1.29 is 4.79 Å². The Morgan fingerprint density at radius 2 is 2.08 bits per heavy atom. The summed E-state index contributed by atoms with van der Waals surface area (Å²) in [4.78, 5) is 31.4. The molecule has 0 spiro atoms. The summed E-state index contributed by atoms with van der Waals surface area (Å²) in [5, 5.41) is 3.20. The predicted octanol–water partition coefficient (Wildman–Crippen LogP) is 3.57. The lowest BCUT2D eigenvalue weighted by Crippen LogP contribution is -2.11. The molecular weight excluding hydrogens is 354 g/mol. The number of thiophene rings is 1. The van der Waals surface area contributed by atoms with Crippen molar-refractivity contribution in [2.45, 2.75) is 31.3 Å². The molecule has 1 aromatic carbocycles. The first kappa shape index (κ1) is 17.7. The summed E-state index contributed by atoms with van der Waals surface area (Å²) in [7, 11) is 0. The minimum absolute atomic E-state index is 0.127. The SMILES string of the molecule is CCc1ccc(-c2csc3nc(SCCCC(N)=O)[nH]c(=O)c23)cc1. The standard InChI is InChI=1S/C18H19N3O2S2/c1-2-11-5-7-12(8-6-11)13-10-25-17-15(13)16(23)20-18(21-17)24-9-3-4-14(19)22/h5-8,10H,2-4,9H2,1H3,(H2,19,22)(H,20,21,23). The van der Waals surface area contributed by atoms with Crippen LogP contribution in [-0.2, 0) is 11.2 Å². The number of carbonyl (C=O) groups excluding carboxylic acids is 1. The molecule has 0 unspecified atom stereocenters. The molecule has 0 saturated carbocycles. The Kier molecular flexibility index (Phi) is 5.55. The molecule has 2 aromatic heterocycles. The molecule has 0 radical (unpaired) electrons. The predicted molar refractivity (Wildman–Crippen MR) is 104 cm³/mol. The summed E-state index contributed by atoms with van der Waals surface area (Å²) >= 11 is 2.91. The van der Waals surface area contributed by atoms with Crippen LogP contribution in [-0.4, -0.2) is 21.6 Å². The third kappa shape index (κ3) is 4.11. The number of aromatic amines is 1. The molecule has 0 bridgehead atoms. The molecule has 130 valence electrons. The number of H-pyrrole nitrogens is 1. The van der Waals surface area contributed by atoms with Crippen LogP contribution in [0.15, 0.2) is 39.6 Å². The maximum absolute atomic E-state index is 12.5. The Morgan fingerprint density at radius 1 is 1.32 bits per heavy atom. The molecule has 5 nitrogen and oxygen atoms in total. The largest absolute Gasteiger partial charge is 0.370 e. The molecule has 25 heavy (non-hydrogen) atoms. The van der Waals surface area contributed by atoms with Gasteiger partial charge in [-0.05, 0) is 24.0 Å². The van der Waals surface area contributed by atoms with Crippen LogP contribution < -0.4 is 11.3 Å². The van der Waals surface area contributed by atoms with Crippen LogP contribution in [0.1, 0.15) is 25.3 Å². The second kappa shape index (κ2) is 7.84. The molecule has 0 aliphatic rings. The smallest absolute Gasteiger partial charge is 0.260 e. The van der Waals surface area contributed by atoms with E-state index in [2.05, 4.69) is 29.0 Å². The number of aryl methyl sites for hydroxylation is 1. The van der Waals surface area contributed by atoms with Gasteiger partial charge in [-0.1, -0.05) is 43.0 Å². The summed E-state index contributed by atoms with van der Waals surface area (Å²) in [6.45, 7) is 2.12. The van der Waals surface area contributed by atoms with E-state index in [1.165, 1.54) is 28.7 Å². The van der Waals surface area contributed by atoms with E-state index in [4.69, 9.17) is 5.73 Å². The van der Waals surface area contributed by atoms with Crippen LogP contribution in [0.25, 0.3) is 21.3 Å². The van der Waals surface area contributed by atoms with Gasteiger partial charge in [0.15, 0.2) is 5.16 Å². The first-order valence-corrected chi connectivity index (χ1v) is 9.97. The second-order valence-corrected chi connectivity index (χ2v) is 7.61. The van der Waals surface area contributed by atoms with E-state index in [-0.39, 0.29) is 11.5 Å². The maximum atomic E-state index is 12.5. The van der Waals surface area contributed by atoms with E-state index < -0.39 is 0 Å². The first-order chi connectivity index (χ1) is 12.1. The maximum Gasteiger partial charge on any atom is 0.260 e. The van der Waals surface area contributed by atoms with E-state index in [0.717, 1.165) is 22.4 Å². The highest BCUT2D eigenvalue weighted by Gasteiger charge is 2.13. The number of nitrogens with one attached hydrogen (secondary N) is 1. The highest BCUT2D eigenvalue weighted by atomic mass is 32.2. The molecule has 0 aliphatic carbocycles. The van der Waals surface area contributed by atoms with Crippen molar-refractivity contribution in [2.24, 2.45) is 5.73 Å². The second-order valence-electron chi connectivity index (χ2n) is 5.67. The summed E-state index contributed by atoms with van der Waals surface area (Å²) in [6.07, 6.45) is 2.00. The fourth-order valence-corrected chi connectivity index (χ4v) is 4.35. The van der Waals surface area contributed by atoms with Crippen molar-refractivity contribution in [1.82, 2.24) is 9.97 Å². The van der Waals surface area contributed by atoms with Crippen molar-refractivity contribution in [2.75, 3.05) is 5.75 Å². The Bertz CT molecular complexity index is 945. The number of hydrogen-bond acceptors (Lipinski definition) is 5. The summed E-state index contributed by atoms with van der Waals surface area (Å²) in [6, 6.07) is 8.27. The van der Waals surface area contributed by atoms with Gasteiger partial charge in [-0.25, -0.2) is 4.98 Å². The average Bonchev–Trinajstić information content (AvgIpc) is 3.03. The van der Waals surface area contributed by atoms with Gasteiger partial charge in [-0.2, -0.15) is 0 Å². The Labute approximate surface area is 153 Å². The minimum Gasteiger partial charge on any atom is -0.370 e. The quantitative estimate of drug-likeness (QED) is 0.376. The molecule has 3 aromatic rings. The van der Waals surface area contributed by atoms with Gasteiger partial charge in [0, 0.05) is 23.1 Å². The third-order valence-electron chi connectivity index (χ3n) is 3.90. The summed E-state index contributed by atoms with van der Waals surface area (Å²) in [5.41, 5.74) is 8.21. The normalized spacial score (nSPS) is 11.1. The van der Waals surface area contributed by atoms with Gasteiger partial charge in [0.1, 0.15) is 4.83 Å². The van der Waals surface area contributed by atoms with Crippen LogP contribution >= 0.6 is 23.1 Å². The van der Waals surface area contributed by atoms with Crippen LogP contribution in [0, 0.1) is 0 Å². The fraction of sp³-hybridized carbons (Fsp3) is 0.278. The van der Waals surface area contributed by atoms with Crippen molar-refractivity contribution in [3.63, 3.8) is 0 Å². The number of benzene rings is 1. The number of fused-ring (bicyclic) bond motifs is 1. The topological polar surface area (TPSA) is 88.8 Å². The number of hydrogen-bond donors (Lipinski definition) is 2. The zero-order valence-electron chi connectivity index (χ0n) is 13.9. The molecule has 2 heterocycles. The molecule has 7 heteroatoms. The van der Waals surface area contributed by atoms with E-state index in [1.54, 1.807) is 0 Å². The number of primary amides is 1. The fourth-order valence-electron chi connectivity index (χ4n) is 2.55. The van der Waals surface area contributed by atoms with E-state index in [9.17, 15) is 9.59 Å².